The van der Waals surface area contributed by atoms with Gasteiger partial charge in [-0.2, -0.15) is 5.10 Å². The van der Waals surface area contributed by atoms with Crippen LogP contribution in [0.4, 0.5) is 0 Å². The summed E-state index contributed by atoms with van der Waals surface area (Å²) >= 11 is 0. The van der Waals surface area contributed by atoms with E-state index in [1.165, 1.54) is 0 Å². The van der Waals surface area contributed by atoms with Gasteiger partial charge in [-0.25, -0.2) is 0 Å². The fourth-order valence-electron chi connectivity index (χ4n) is 0.360. The number of aromatic nitrogens is 2. The van der Waals surface area contributed by atoms with Crippen LogP contribution >= 0.6 is 9.24 Å². The third-order valence-corrected chi connectivity index (χ3v) is 1.45. The fraction of sp³-hybridized carbons (Fsp3) is 0.250. The van der Waals surface area contributed by atoms with Gasteiger partial charge < -0.3 is 0 Å². The Morgan fingerprint density at radius 3 is 2.71 bits per heavy atom. The average molecular weight is 114 g/mol. The third kappa shape index (κ3) is 0.804. The highest BCUT2D eigenvalue weighted by Gasteiger charge is 1.87. The first-order chi connectivity index (χ1) is 3.30. The molecule has 0 bridgehead atoms. The monoisotopic (exact) mass is 114 g/mol. The number of nitrogens with zero attached hydrogens (tertiary/aromatic N) is 1. The van der Waals surface area contributed by atoms with Crippen molar-refractivity contribution in [1.29, 1.82) is 0 Å². The van der Waals surface area contributed by atoms with Crippen molar-refractivity contribution in [3.8, 4) is 0 Å². The van der Waals surface area contributed by atoms with Crippen molar-refractivity contribution in [2.45, 2.75) is 6.92 Å². The van der Waals surface area contributed by atoms with Crippen molar-refractivity contribution < 1.29 is 0 Å². The van der Waals surface area contributed by atoms with Crippen LogP contribution in [-0.2, 0) is 0 Å². The van der Waals surface area contributed by atoms with Gasteiger partial charge in [0.05, 0.1) is 6.20 Å². The van der Waals surface area contributed by atoms with E-state index in [1.54, 1.807) is 6.20 Å². The van der Waals surface area contributed by atoms with Crippen LogP contribution in [0.25, 0.3) is 0 Å². The molecule has 1 aromatic heterocycles. The lowest BCUT2D eigenvalue weighted by Gasteiger charge is -1.78. The van der Waals surface area contributed by atoms with E-state index < -0.39 is 0 Å². The Kier molecular flexibility index (Phi) is 1.11. The van der Waals surface area contributed by atoms with Gasteiger partial charge in [0.25, 0.3) is 0 Å². The van der Waals surface area contributed by atoms with Crippen molar-refractivity contribution in [2.24, 2.45) is 0 Å². The molecule has 0 aliphatic heterocycles. The van der Waals surface area contributed by atoms with E-state index in [4.69, 9.17) is 0 Å². The van der Waals surface area contributed by atoms with Crippen LogP contribution < -0.4 is 5.30 Å². The zero-order valence-corrected chi connectivity index (χ0v) is 5.26. The first-order valence-corrected chi connectivity index (χ1v) is 2.64. The predicted molar refractivity (Wildman–Crippen MR) is 32.7 cm³/mol. The molecule has 1 N–H and O–H groups in total. The Bertz CT molecular complexity index is 142. The number of aryl methyl sites for hydroxylation is 1. The van der Waals surface area contributed by atoms with Crippen LogP contribution in [0.1, 0.15) is 5.69 Å². The number of rotatable bonds is 0. The summed E-state index contributed by atoms with van der Waals surface area (Å²) in [6.45, 7) is 1.98. The molecule has 1 heterocycles. The van der Waals surface area contributed by atoms with Gasteiger partial charge >= 0.3 is 0 Å². The minimum absolute atomic E-state index is 1.12. The molecule has 3 heteroatoms. The second-order valence-electron chi connectivity index (χ2n) is 1.45. The van der Waals surface area contributed by atoms with E-state index in [1.807, 2.05) is 6.92 Å². The smallest absolute Gasteiger partial charge is 0.0561 e. The van der Waals surface area contributed by atoms with Crippen molar-refractivity contribution >= 4 is 14.5 Å². The molecule has 2 nitrogen and oxygen atoms in total. The second-order valence-corrected chi connectivity index (χ2v) is 2.07. The quantitative estimate of drug-likeness (QED) is 0.480. The third-order valence-electron chi connectivity index (χ3n) is 0.869. The lowest BCUT2D eigenvalue weighted by atomic mass is 10.5. The first-order valence-electron chi connectivity index (χ1n) is 2.06. The van der Waals surface area contributed by atoms with E-state index >= 15 is 0 Å². The Morgan fingerprint density at radius 2 is 2.57 bits per heavy atom. The number of H-pyrrole nitrogens is 1. The van der Waals surface area contributed by atoms with Crippen molar-refractivity contribution in [1.82, 2.24) is 10.2 Å². The molecule has 38 valence electrons. The summed E-state index contributed by atoms with van der Waals surface area (Å²) < 4.78 is 0. The maximum Gasteiger partial charge on any atom is 0.0561 e. The second kappa shape index (κ2) is 1.63. The average Bonchev–Trinajstić information content (AvgIpc) is 1.91. The van der Waals surface area contributed by atoms with Crippen LogP contribution in [0.15, 0.2) is 6.20 Å². The lowest BCUT2D eigenvalue weighted by Crippen LogP contribution is -1.87. The summed E-state index contributed by atoms with van der Waals surface area (Å²) in [6.07, 6.45) is 1.78. The van der Waals surface area contributed by atoms with Crippen molar-refractivity contribution in [3.63, 3.8) is 0 Å². The van der Waals surface area contributed by atoms with Crippen molar-refractivity contribution in [2.75, 3.05) is 0 Å². The fourth-order valence-corrected chi connectivity index (χ4v) is 0.499. The summed E-state index contributed by atoms with van der Waals surface area (Å²) in [6, 6.07) is 0. The van der Waals surface area contributed by atoms with Crippen LogP contribution in [0.5, 0.6) is 0 Å². The van der Waals surface area contributed by atoms with Gasteiger partial charge in [0.15, 0.2) is 0 Å². The predicted octanol–water partition coefficient (Wildman–Crippen LogP) is 0.219. The topological polar surface area (TPSA) is 28.7 Å². The Labute approximate surface area is 44.5 Å². The van der Waals surface area contributed by atoms with Gasteiger partial charge in [0.2, 0.25) is 0 Å². The standard InChI is InChI=1S/C4H7N2P/c1-3-4(7)2-5-6-3/h2H,7H2,1H3,(H,5,6). The summed E-state index contributed by atoms with van der Waals surface area (Å²) in [4.78, 5) is 0. The van der Waals surface area contributed by atoms with E-state index in [0.29, 0.717) is 0 Å². The zero-order valence-electron chi connectivity index (χ0n) is 4.10. The van der Waals surface area contributed by atoms with Crippen LogP contribution in [0, 0.1) is 6.92 Å². The maximum atomic E-state index is 3.78. The van der Waals surface area contributed by atoms with Gasteiger partial charge in [0.1, 0.15) is 0 Å². The van der Waals surface area contributed by atoms with Crippen LogP contribution in [-0.4, -0.2) is 10.2 Å². The minimum atomic E-state index is 1.12. The molecule has 0 amide bonds. The Hall–Kier alpha value is -0.360. The van der Waals surface area contributed by atoms with Gasteiger partial charge in [0, 0.05) is 11.0 Å². The zero-order chi connectivity index (χ0) is 5.28. The van der Waals surface area contributed by atoms with Gasteiger partial charge in [-0.05, 0) is 6.92 Å². The summed E-state index contributed by atoms with van der Waals surface area (Å²) in [5.41, 5.74) is 1.12. The molecular weight excluding hydrogens is 107 g/mol. The first kappa shape index (κ1) is 4.79. The number of aromatic amines is 1. The lowest BCUT2D eigenvalue weighted by molar-refractivity contribution is 1.05. The van der Waals surface area contributed by atoms with Gasteiger partial charge in [-0.1, -0.05) is 0 Å². The summed E-state index contributed by atoms with van der Waals surface area (Å²) in [7, 11) is 2.58. The Balaban J connectivity index is 3.12. The molecule has 0 aromatic carbocycles. The highest BCUT2D eigenvalue weighted by molar-refractivity contribution is 7.27. The molecule has 0 aliphatic rings. The highest BCUT2D eigenvalue weighted by atomic mass is 31.0. The van der Waals surface area contributed by atoms with Crippen LogP contribution in [0.3, 0.4) is 0 Å². The van der Waals surface area contributed by atoms with E-state index in [0.717, 1.165) is 11.0 Å². The normalized spacial score (nSPS) is 9.43. The molecular formula is C4H7N2P. The summed E-state index contributed by atoms with van der Waals surface area (Å²) in [5.74, 6) is 0. The number of hydrogen-bond acceptors (Lipinski definition) is 1. The van der Waals surface area contributed by atoms with E-state index in [2.05, 4.69) is 19.4 Å². The SMILES string of the molecule is Cc1[nH]ncc1P. The van der Waals surface area contributed by atoms with Gasteiger partial charge in [-0.3, -0.25) is 5.10 Å². The largest absolute Gasteiger partial charge is 0.282 e. The molecule has 1 rings (SSSR count). The number of hydrogen-bond donors (Lipinski definition) is 1. The van der Waals surface area contributed by atoms with Crippen LogP contribution in [0.2, 0.25) is 0 Å². The van der Waals surface area contributed by atoms with Crippen molar-refractivity contribution in [3.05, 3.63) is 11.9 Å². The molecule has 0 radical (unpaired) electrons. The minimum Gasteiger partial charge on any atom is -0.282 e. The summed E-state index contributed by atoms with van der Waals surface area (Å²) in [5, 5.41) is 7.71. The molecule has 1 aromatic rings. The molecule has 0 saturated heterocycles. The molecule has 0 fully saturated rings. The highest BCUT2D eigenvalue weighted by Crippen LogP contribution is 1.89. The van der Waals surface area contributed by atoms with E-state index in [9.17, 15) is 0 Å². The molecule has 0 saturated carbocycles. The molecule has 7 heavy (non-hydrogen) atoms. The number of nitrogens with one attached hydrogen (secondary N) is 1. The Morgan fingerprint density at radius 1 is 1.86 bits per heavy atom. The van der Waals surface area contributed by atoms with Gasteiger partial charge in [-0.15, -0.1) is 9.24 Å². The molecule has 1 atom stereocenters. The molecule has 0 aliphatic carbocycles. The maximum absolute atomic E-state index is 3.78. The van der Waals surface area contributed by atoms with E-state index in [-0.39, 0.29) is 0 Å². The molecule has 0 spiro atoms. The molecule has 1 unspecified atom stereocenters.